The molecule has 3 unspecified atom stereocenters. The average molecular weight is 492 g/mol. The zero-order chi connectivity index (χ0) is 23.4. The molecule has 2 amide bonds. The van der Waals surface area contributed by atoms with Crippen molar-refractivity contribution in [1.82, 2.24) is 15.0 Å². The minimum Gasteiger partial charge on any atom is -0.440 e. The van der Waals surface area contributed by atoms with Crippen LogP contribution in [0.15, 0.2) is 44.3 Å². The lowest BCUT2D eigenvalue weighted by Gasteiger charge is -2.61. The molecule has 2 aliphatic carbocycles. The van der Waals surface area contributed by atoms with E-state index >= 15 is 0 Å². The molecule has 1 aromatic carbocycles. The maximum absolute atomic E-state index is 12.7. The van der Waals surface area contributed by atoms with Gasteiger partial charge in [0.15, 0.2) is 11.3 Å². The van der Waals surface area contributed by atoms with Crippen molar-refractivity contribution in [3.63, 3.8) is 0 Å². The predicted molar refractivity (Wildman–Crippen MR) is 118 cm³/mol. The van der Waals surface area contributed by atoms with Crippen LogP contribution in [0.2, 0.25) is 5.02 Å². The highest BCUT2D eigenvalue weighted by Gasteiger charge is 2.64. The van der Waals surface area contributed by atoms with Crippen LogP contribution in [0.3, 0.4) is 0 Å². The molecule has 2 aliphatic rings. The van der Waals surface area contributed by atoms with Gasteiger partial charge in [0.2, 0.25) is 16.9 Å². The van der Waals surface area contributed by atoms with E-state index < -0.39 is 26.9 Å². The van der Waals surface area contributed by atoms with Crippen LogP contribution >= 0.6 is 11.6 Å². The van der Waals surface area contributed by atoms with E-state index in [9.17, 15) is 18.0 Å². The molecule has 5 rings (SSSR count). The Labute approximate surface area is 194 Å². The van der Waals surface area contributed by atoms with Crippen LogP contribution in [-0.2, 0) is 20.2 Å². The summed E-state index contributed by atoms with van der Waals surface area (Å²) < 4.78 is 37.7. The summed E-state index contributed by atoms with van der Waals surface area (Å²) in [6.07, 6.45) is 3.10. The number of carbonyl (C=O) groups excluding carboxylic acids is 2. The number of fused-ring (bicyclic) bond motifs is 2. The zero-order valence-electron chi connectivity index (χ0n) is 17.8. The Balaban J connectivity index is 1.25. The van der Waals surface area contributed by atoms with Crippen molar-refractivity contribution in [2.75, 3.05) is 0 Å². The van der Waals surface area contributed by atoms with E-state index in [4.69, 9.17) is 20.4 Å². The molecule has 33 heavy (non-hydrogen) atoms. The first-order valence-electron chi connectivity index (χ1n) is 10.7. The van der Waals surface area contributed by atoms with Gasteiger partial charge in [0, 0.05) is 17.5 Å². The number of benzene rings is 1. The number of furan rings is 1. The standard InChI is InChI=1S/C22H22ClN3O6S/c1-2-3-18(27)26-33(29,30)19-7-6-17(31-19)20(28)24-15-11-22(9-8-13(15)22)21-25-14-10-12(23)4-5-16(14)32-21/h4-7,10,13,15H,2-3,8-9,11H2,1H3,(H,24,28)(H,26,27). The summed E-state index contributed by atoms with van der Waals surface area (Å²) in [5.41, 5.74) is 1.18. The number of hydrogen-bond acceptors (Lipinski definition) is 7. The maximum atomic E-state index is 12.7. The third-order valence-corrected chi connectivity index (χ3v) is 8.05. The summed E-state index contributed by atoms with van der Waals surface area (Å²) >= 11 is 6.04. The van der Waals surface area contributed by atoms with Crippen molar-refractivity contribution in [2.45, 2.75) is 55.6 Å². The van der Waals surface area contributed by atoms with Crippen molar-refractivity contribution in [3.05, 3.63) is 47.0 Å². The number of sulfonamides is 1. The van der Waals surface area contributed by atoms with Crippen LogP contribution < -0.4 is 10.0 Å². The van der Waals surface area contributed by atoms with E-state index in [1.807, 2.05) is 4.72 Å². The Kier molecular flexibility index (Phi) is 5.24. The van der Waals surface area contributed by atoms with Crippen LogP contribution in [0, 0.1) is 5.92 Å². The first kappa shape index (κ1) is 22.0. The second kappa shape index (κ2) is 7.88. The van der Waals surface area contributed by atoms with Gasteiger partial charge >= 0.3 is 0 Å². The first-order valence-corrected chi connectivity index (χ1v) is 12.6. The maximum Gasteiger partial charge on any atom is 0.297 e. The normalized spacial score (nSPS) is 23.9. The molecular formula is C22H22ClN3O6S. The summed E-state index contributed by atoms with van der Waals surface area (Å²) in [6, 6.07) is 7.66. The van der Waals surface area contributed by atoms with Gasteiger partial charge in [-0.25, -0.2) is 9.71 Å². The van der Waals surface area contributed by atoms with E-state index in [2.05, 4.69) is 10.3 Å². The number of hydrogen-bond donors (Lipinski definition) is 2. The van der Waals surface area contributed by atoms with Crippen LogP contribution in [0.25, 0.3) is 11.1 Å². The Bertz CT molecular complexity index is 1360. The van der Waals surface area contributed by atoms with Gasteiger partial charge in [0.05, 0.1) is 5.41 Å². The molecule has 2 fully saturated rings. The summed E-state index contributed by atoms with van der Waals surface area (Å²) in [6.45, 7) is 1.76. The van der Waals surface area contributed by atoms with E-state index in [1.165, 1.54) is 6.07 Å². The molecule has 174 valence electrons. The van der Waals surface area contributed by atoms with Crippen molar-refractivity contribution in [1.29, 1.82) is 0 Å². The largest absolute Gasteiger partial charge is 0.440 e. The SMILES string of the molecule is CCCC(=O)NS(=O)(=O)c1ccc(C(=O)NC2CC3(c4nc5cc(Cl)ccc5o4)CCC23)o1. The Morgan fingerprint density at radius 1 is 1.24 bits per heavy atom. The van der Waals surface area contributed by atoms with Crippen LogP contribution in [-0.4, -0.2) is 31.3 Å². The van der Waals surface area contributed by atoms with Crippen LogP contribution in [0.1, 0.15) is 55.5 Å². The van der Waals surface area contributed by atoms with E-state index in [0.29, 0.717) is 34.9 Å². The van der Waals surface area contributed by atoms with Gasteiger partial charge < -0.3 is 14.2 Å². The number of halogens is 1. The number of nitrogens with one attached hydrogen (secondary N) is 2. The molecule has 0 bridgehead atoms. The topological polar surface area (TPSA) is 132 Å². The van der Waals surface area contributed by atoms with Gasteiger partial charge in [-0.2, -0.15) is 8.42 Å². The van der Waals surface area contributed by atoms with Gasteiger partial charge in [-0.05, 0) is 61.9 Å². The van der Waals surface area contributed by atoms with Gasteiger partial charge in [-0.1, -0.05) is 18.5 Å². The Morgan fingerprint density at radius 3 is 2.76 bits per heavy atom. The van der Waals surface area contributed by atoms with Crippen molar-refractivity contribution in [3.8, 4) is 0 Å². The van der Waals surface area contributed by atoms with Crippen molar-refractivity contribution in [2.24, 2.45) is 5.92 Å². The predicted octanol–water partition coefficient (Wildman–Crippen LogP) is 3.53. The smallest absolute Gasteiger partial charge is 0.297 e. The summed E-state index contributed by atoms with van der Waals surface area (Å²) in [5, 5.41) is 3.04. The minimum atomic E-state index is -4.16. The highest BCUT2D eigenvalue weighted by molar-refractivity contribution is 7.89. The summed E-state index contributed by atoms with van der Waals surface area (Å²) in [7, 11) is -4.16. The Morgan fingerprint density at radius 2 is 2.06 bits per heavy atom. The number of oxazole rings is 1. The van der Waals surface area contributed by atoms with Gasteiger partial charge in [-0.3, -0.25) is 9.59 Å². The van der Waals surface area contributed by atoms with E-state index in [-0.39, 0.29) is 29.6 Å². The van der Waals surface area contributed by atoms with Gasteiger partial charge in [-0.15, -0.1) is 0 Å². The molecule has 2 aromatic heterocycles. The fourth-order valence-electron chi connectivity index (χ4n) is 4.80. The molecule has 11 heteroatoms. The molecule has 3 aromatic rings. The fraction of sp³-hybridized carbons (Fsp3) is 0.409. The molecule has 0 aliphatic heterocycles. The molecule has 2 saturated carbocycles. The van der Waals surface area contributed by atoms with Crippen LogP contribution in [0.5, 0.6) is 0 Å². The van der Waals surface area contributed by atoms with Gasteiger partial charge in [0.25, 0.3) is 15.9 Å². The average Bonchev–Trinajstić information content (AvgIpc) is 3.38. The molecule has 3 atom stereocenters. The second-order valence-electron chi connectivity index (χ2n) is 8.61. The summed E-state index contributed by atoms with van der Waals surface area (Å²) in [5.74, 6) is -0.429. The molecule has 0 radical (unpaired) electrons. The molecule has 2 heterocycles. The molecule has 2 N–H and O–H groups in total. The van der Waals surface area contributed by atoms with E-state index in [0.717, 1.165) is 18.9 Å². The third kappa shape index (κ3) is 3.71. The van der Waals surface area contributed by atoms with E-state index in [1.54, 1.807) is 25.1 Å². The minimum absolute atomic E-state index is 0.0746. The lowest BCUT2D eigenvalue weighted by molar-refractivity contribution is -0.119. The summed E-state index contributed by atoms with van der Waals surface area (Å²) in [4.78, 5) is 28.9. The number of nitrogens with zero attached hydrogens (tertiary/aromatic N) is 1. The number of amides is 2. The lowest BCUT2D eigenvalue weighted by atomic mass is 9.45. The molecule has 0 saturated heterocycles. The second-order valence-corrected chi connectivity index (χ2v) is 10.7. The van der Waals surface area contributed by atoms with Crippen molar-refractivity contribution >= 4 is 44.5 Å². The zero-order valence-corrected chi connectivity index (χ0v) is 19.3. The molecule has 0 spiro atoms. The number of aromatic nitrogens is 1. The first-order chi connectivity index (χ1) is 15.7. The number of rotatable bonds is 7. The highest BCUT2D eigenvalue weighted by atomic mass is 35.5. The quantitative estimate of drug-likeness (QED) is 0.516. The Hall–Kier alpha value is -2.85. The fourth-order valence-corrected chi connectivity index (χ4v) is 5.91. The highest BCUT2D eigenvalue weighted by Crippen LogP contribution is 2.62. The monoisotopic (exact) mass is 491 g/mol. The third-order valence-electron chi connectivity index (χ3n) is 6.57. The van der Waals surface area contributed by atoms with Crippen LogP contribution in [0.4, 0.5) is 0 Å². The molecule has 9 nitrogen and oxygen atoms in total. The number of carbonyl (C=O) groups is 2. The van der Waals surface area contributed by atoms with Gasteiger partial charge in [0.1, 0.15) is 5.52 Å². The molecular weight excluding hydrogens is 470 g/mol. The lowest BCUT2D eigenvalue weighted by Crippen LogP contribution is -2.67. The van der Waals surface area contributed by atoms with Crippen molar-refractivity contribution < 1.29 is 26.8 Å².